The van der Waals surface area contributed by atoms with Gasteiger partial charge in [-0.05, 0) is 128 Å². The molecule has 1 unspecified atom stereocenters. The molecule has 0 aliphatic carbocycles. The number of ether oxygens (including phenoxy) is 3. The van der Waals surface area contributed by atoms with Gasteiger partial charge in [0.1, 0.15) is 13.2 Å². The Morgan fingerprint density at radius 3 is 0.787 bits per heavy atom. The predicted octanol–water partition coefficient (Wildman–Crippen LogP) is 23.4. The molecule has 1 atom stereocenters. The van der Waals surface area contributed by atoms with Gasteiger partial charge >= 0.3 is 17.9 Å². The minimum Gasteiger partial charge on any atom is -0.462 e. The van der Waals surface area contributed by atoms with Crippen LogP contribution in [-0.4, -0.2) is 37.2 Å². The molecule has 0 fully saturated rings. The minimum absolute atomic E-state index is 0.0840. The fraction of sp³-hybridized carbons (Fsp3) is 0.716. The number of allylic oxidation sites excluding steroid dienone is 18. The summed E-state index contributed by atoms with van der Waals surface area (Å²) >= 11 is 0. The number of carbonyl (C=O) groups excluding carboxylic acids is 3. The van der Waals surface area contributed by atoms with Crippen molar-refractivity contribution in [2.75, 3.05) is 13.2 Å². The van der Waals surface area contributed by atoms with Crippen molar-refractivity contribution in [3.63, 3.8) is 0 Å². The third kappa shape index (κ3) is 64.9. The van der Waals surface area contributed by atoms with E-state index in [1.54, 1.807) is 0 Å². The van der Waals surface area contributed by atoms with Gasteiger partial charge < -0.3 is 14.2 Å². The summed E-state index contributed by atoms with van der Waals surface area (Å²) in [6, 6.07) is 0. The molecule has 6 heteroatoms. The Labute approximate surface area is 495 Å². The van der Waals surface area contributed by atoms with Crippen molar-refractivity contribution < 1.29 is 28.6 Å². The molecule has 0 saturated carbocycles. The second kappa shape index (κ2) is 67.6. The van der Waals surface area contributed by atoms with Crippen molar-refractivity contribution >= 4 is 17.9 Å². The molecule has 0 rings (SSSR count). The number of unbranched alkanes of at least 4 members (excludes halogenated alkanes) is 32. The molecule has 0 amide bonds. The SMILES string of the molecule is CC/C=C\C/C=C\C/C=C\C/C=C\C/C=C\C/C=C\C/C=C\CCCCCCCCCCCCCC(=O)OCC(COC(=O)CCCCCCC/C=C\CCCCCC)OC(=O)CCCCCCC/C=C\CCCCCCCCC. The first-order valence-electron chi connectivity index (χ1n) is 33.9. The normalized spacial score (nSPS) is 12.8. The van der Waals surface area contributed by atoms with Crippen LogP contribution >= 0.6 is 0 Å². The van der Waals surface area contributed by atoms with Gasteiger partial charge in [0.25, 0.3) is 0 Å². The van der Waals surface area contributed by atoms with E-state index in [1.807, 2.05) is 0 Å². The lowest BCUT2D eigenvalue weighted by Crippen LogP contribution is -2.30. The minimum atomic E-state index is -0.788. The highest BCUT2D eigenvalue weighted by molar-refractivity contribution is 5.71. The lowest BCUT2D eigenvalue weighted by atomic mass is 10.0. The first-order chi connectivity index (χ1) is 39.5. The van der Waals surface area contributed by atoms with E-state index >= 15 is 0 Å². The smallest absolute Gasteiger partial charge is 0.306 e. The second-order valence-electron chi connectivity index (χ2n) is 22.3. The summed E-state index contributed by atoms with van der Waals surface area (Å²) in [6.07, 6.45) is 92.5. The van der Waals surface area contributed by atoms with E-state index in [4.69, 9.17) is 14.2 Å². The van der Waals surface area contributed by atoms with Crippen LogP contribution in [-0.2, 0) is 28.6 Å². The highest BCUT2D eigenvalue weighted by Gasteiger charge is 2.19. The number of hydrogen-bond donors (Lipinski definition) is 0. The molecule has 0 bridgehead atoms. The topological polar surface area (TPSA) is 78.9 Å². The summed E-state index contributed by atoms with van der Waals surface area (Å²) in [5.41, 5.74) is 0. The van der Waals surface area contributed by atoms with Crippen LogP contribution in [0.2, 0.25) is 0 Å². The monoisotopic (exact) mass is 1110 g/mol. The molecule has 0 aromatic carbocycles. The molecular weight excluding hydrogens is 985 g/mol. The summed E-state index contributed by atoms with van der Waals surface area (Å²) in [5.74, 6) is -0.894. The first-order valence-corrected chi connectivity index (χ1v) is 33.9. The molecule has 0 radical (unpaired) electrons. The lowest BCUT2D eigenvalue weighted by Gasteiger charge is -2.18. The highest BCUT2D eigenvalue weighted by Crippen LogP contribution is 2.16. The molecule has 0 aliphatic heterocycles. The van der Waals surface area contributed by atoms with Crippen LogP contribution in [0.4, 0.5) is 0 Å². The lowest BCUT2D eigenvalue weighted by molar-refractivity contribution is -0.167. The quantitative estimate of drug-likeness (QED) is 0.0261. The zero-order valence-electron chi connectivity index (χ0n) is 52.6. The maximum absolute atomic E-state index is 12.9. The van der Waals surface area contributed by atoms with E-state index in [0.29, 0.717) is 19.3 Å². The van der Waals surface area contributed by atoms with Gasteiger partial charge in [-0.1, -0.05) is 284 Å². The number of hydrogen-bond acceptors (Lipinski definition) is 6. The standard InChI is InChI=1S/C74H126O6/c1-4-7-10-13-16-19-22-25-27-29-30-31-32-33-34-35-36-37-38-39-40-41-42-43-44-45-47-49-52-55-58-61-64-67-73(76)79-70-71(69-78-72(75)66-63-60-57-54-51-48-24-21-18-15-12-9-6-3)80-74(77)68-65-62-59-56-53-50-46-28-26-23-20-17-14-11-8-5-2/h7,10,16,19,21,24-25,27-28,30-31,33-34,36-37,39-40,46,71H,4-6,8-9,11-15,17-18,20,22-23,26,29,32,35,38,41-45,47-70H2,1-3H3/b10-7-,19-16-,24-21-,27-25-,31-30-,34-33-,37-36-,40-39-,46-28-. The summed E-state index contributed by atoms with van der Waals surface area (Å²) < 4.78 is 16.9. The van der Waals surface area contributed by atoms with E-state index < -0.39 is 6.10 Å². The van der Waals surface area contributed by atoms with Gasteiger partial charge in [-0.15, -0.1) is 0 Å². The van der Waals surface area contributed by atoms with E-state index in [2.05, 4.69) is 130 Å². The fourth-order valence-electron chi connectivity index (χ4n) is 9.41. The van der Waals surface area contributed by atoms with Crippen LogP contribution in [0, 0.1) is 0 Å². The fourth-order valence-corrected chi connectivity index (χ4v) is 9.41. The molecule has 0 aliphatic rings. The molecule has 0 aromatic heterocycles. The van der Waals surface area contributed by atoms with Crippen LogP contribution in [0.1, 0.15) is 323 Å². The van der Waals surface area contributed by atoms with Crippen LogP contribution in [0.5, 0.6) is 0 Å². The zero-order valence-corrected chi connectivity index (χ0v) is 52.6. The maximum Gasteiger partial charge on any atom is 0.306 e. The summed E-state index contributed by atoms with van der Waals surface area (Å²) in [4.78, 5) is 38.3. The maximum atomic E-state index is 12.9. The van der Waals surface area contributed by atoms with Crippen molar-refractivity contribution in [3.05, 3.63) is 109 Å². The van der Waals surface area contributed by atoms with Gasteiger partial charge in [-0.25, -0.2) is 0 Å². The summed E-state index contributed by atoms with van der Waals surface area (Å²) in [5, 5.41) is 0. The van der Waals surface area contributed by atoms with Crippen LogP contribution < -0.4 is 0 Å². The summed E-state index contributed by atoms with van der Waals surface area (Å²) in [6.45, 7) is 6.52. The third-order valence-corrected chi connectivity index (χ3v) is 14.5. The molecular formula is C74H126O6. The molecule has 80 heavy (non-hydrogen) atoms. The van der Waals surface area contributed by atoms with Crippen molar-refractivity contribution in [2.45, 2.75) is 329 Å². The molecule has 6 nitrogen and oxygen atoms in total. The largest absolute Gasteiger partial charge is 0.462 e. The van der Waals surface area contributed by atoms with E-state index in [9.17, 15) is 14.4 Å². The Kier molecular flexibility index (Phi) is 64.3. The molecule has 458 valence electrons. The predicted molar refractivity (Wildman–Crippen MR) is 348 cm³/mol. The van der Waals surface area contributed by atoms with E-state index in [-0.39, 0.29) is 31.1 Å². The Bertz CT molecular complexity index is 1610. The van der Waals surface area contributed by atoms with Gasteiger partial charge in [-0.3, -0.25) is 14.4 Å². The van der Waals surface area contributed by atoms with Gasteiger partial charge in [-0.2, -0.15) is 0 Å². The Hall–Kier alpha value is -3.93. The number of esters is 3. The number of rotatable bonds is 61. The van der Waals surface area contributed by atoms with Gasteiger partial charge in [0, 0.05) is 19.3 Å². The van der Waals surface area contributed by atoms with E-state index in [1.165, 1.54) is 161 Å². The average molecular weight is 1110 g/mol. The molecule has 0 spiro atoms. The Morgan fingerprint density at radius 2 is 0.487 bits per heavy atom. The molecule has 0 saturated heterocycles. The van der Waals surface area contributed by atoms with Gasteiger partial charge in [0.2, 0.25) is 0 Å². The first kappa shape index (κ1) is 76.1. The van der Waals surface area contributed by atoms with Crippen molar-refractivity contribution in [1.29, 1.82) is 0 Å². The van der Waals surface area contributed by atoms with Crippen LogP contribution in [0.3, 0.4) is 0 Å². The van der Waals surface area contributed by atoms with Crippen LogP contribution in [0.25, 0.3) is 0 Å². The Balaban J connectivity index is 4.24. The average Bonchev–Trinajstić information content (AvgIpc) is 3.46. The van der Waals surface area contributed by atoms with Crippen LogP contribution in [0.15, 0.2) is 109 Å². The molecule has 0 aromatic rings. The number of carbonyl (C=O) groups is 3. The second-order valence-corrected chi connectivity index (χ2v) is 22.3. The summed E-state index contributed by atoms with van der Waals surface area (Å²) in [7, 11) is 0. The van der Waals surface area contributed by atoms with E-state index in [0.717, 1.165) is 122 Å². The van der Waals surface area contributed by atoms with Gasteiger partial charge in [0.05, 0.1) is 0 Å². The Morgan fingerprint density at radius 1 is 0.263 bits per heavy atom. The molecule has 0 N–H and O–H groups in total. The highest BCUT2D eigenvalue weighted by atomic mass is 16.6. The van der Waals surface area contributed by atoms with Crippen molar-refractivity contribution in [1.82, 2.24) is 0 Å². The van der Waals surface area contributed by atoms with Gasteiger partial charge in [0.15, 0.2) is 6.10 Å². The van der Waals surface area contributed by atoms with Crippen molar-refractivity contribution in [2.24, 2.45) is 0 Å². The zero-order chi connectivity index (χ0) is 57.8. The third-order valence-electron chi connectivity index (χ3n) is 14.5. The molecule has 0 heterocycles. The van der Waals surface area contributed by atoms with Crippen molar-refractivity contribution in [3.8, 4) is 0 Å².